The molecule has 6 nitrogen and oxygen atoms in total. The summed E-state index contributed by atoms with van der Waals surface area (Å²) in [5, 5.41) is 11.3. The van der Waals surface area contributed by atoms with E-state index < -0.39 is 0 Å². The van der Waals surface area contributed by atoms with Crippen LogP contribution in [0.25, 0.3) is 0 Å². The Morgan fingerprint density at radius 3 is 2.90 bits per heavy atom. The molecule has 0 bridgehead atoms. The first-order valence-corrected chi connectivity index (χ1v) is 7.19. The van der Waals surface area contributed by atoms with Gasteiger partial charge in [0, 0.05) is 26.7 Å². The van der Waals surface area contributed by atoms with Crippen molar-refractivity contribution in [2.75, 3.05) is 20.1 Å². The van der Waals surface area contributed by atoms with E-state index >= 15 is 0 Å². The van der Waals surface area contributed by atoms with Crippen molar-refractivity contribution in [2.24, 2.45) is 4.99 Å². The molecule has 0 unspecified atom stereocenters. The van der Waals surface area contributed by atoms with E-state index in [1.165, 1.54) is 0 Å². The Kier molecular flexibility index (Phi) is 10.9. The number of rotatable bonds is 8. The van der Waals surface area contributed by atoms with Crippen LogP contribution in [0.15, 0.2) is 24.0 Å². The summed E-state index contributed by atoms with van der Waals surface area (Å²) >= 11 is 0. The lowest BCUT2D eigenvalue weighted by molar-refractivity contribution is 0.469. The number of aromatic nitrogens is 3. The van der Waals surface area contributed by atoms with Crippen LogP contribution in [0, 0.1) is 0 Å². The molecule has 0 aromatic carbocycles. The minimum absolute atomic E-state index is 0. The van der Waals surface area contributed by atoms with Crippen LogP contribution in [0.1, 0.15) is 32.5 Å². The molecule has 1 aromatic rings. The van der Waals surface area contributed by atoms with Gasteiger partial charge in [-0.1, -0.05) is 6.08 Å². The molecule has 0 fully saturated rings. The quantitative estimate of drug-likeness (QED) is 0.237. The number of aryl methyl sites for hydroxylation is 1. The van der Waals surface area contributed by atoms with Crippen molar-refractivity contribution in [1.82, 2.24) is 25.0 Å². The minimum atomic E-state index is 0. The molecule has 0 spiro atoms. The lowest BCUT2D eigenvalue weighted by atomic mass is 10.3. The Morgan fingerprint density at radius 1 is 1.52 bits per heavy atom. The molecule has 0 atom stereocenters. The Morgan fingerprint density at radius 2 is 2.29 bits per heavy atom. The lowest BCUT2D eigenvalue weighted by Gasteiger charge is -2.21. The molecule has 0 radical (unpaired) electrons. The second-order valence-corrected chi connectivity index (χ2v) is 4.56. The molecular formula is C14H27IN6. The number of halogens is 1. The molecule has 0 aliphatic heterocycles. The van der Waals surface area contributed by atoms with Gasteiger partial charge in [-0.15, -0.1) is 40.8 Å². The third-order valence-electron chi connectivity index (χ3n) is 3.00. The lowest BCUT2D eigenvalue weighted by Crippen LogP contribution is -2.39. The molecule has 1 rings (SSSR count). The van der Waals surface area contributed by atoms with Gasteiger partial charge in [-0.25, -0.2) is 4.99 Å². The fraction of sp³-hybridized carbons (Fsp3) is 0.643. The number of nitrogens with one attached hydrogen (secondary N) is 1. The van der Waals surface area contributed by atoms with Crippen LogP contribution in [0.4, 0.5) is 0 Å². The number of allylic oxidation sites excluding steroid dienone is 1. The smallest absolute Gasteiger partial charge is 0.194 e. The van der Waals surface area contributed by atoms with Gasteiger partial charge in [0.05, 0.1) is 0 Å². The van der Waals surface area contributed by atoms with E-state index in [1.54, 1.807) is 6.33 Å². The van der Waals surface area contributed by atoms with Crippen LogP contribution in [-0.2, 0) is 13.1 Å². The van der Waals surface area contributed by atoms with Crippen molar-refractivity contribution in [3.8, 4) is 0 Å². The van der Waals surface area contributed by atoms with E-state index in [2.05, 4.69) is 52.9 Å². The average Bonchev–Trinajstić information content (AvgIpc) is 2.91. The Hall–Kier alpha value is -1.12. The van der Waals surface area contributed by atoms with E-state index in [4.69, 9.17) is 0 Å². The summed E-state index contributed by atoms with van der Waals surface area (Å²) in [5.41, 5.74) is 0. The van der Waals surface area contributed by atoms with Crippen LogP contribution < -0.4 is 5.32 Å². The van der Waals surface area contributed by atoms with E-state index in [9.17, 15) is 0 Å². The molecule has 7 heteroatoms. The SMILES string of the molecule is C=CCCCN(C)C(=NCc1nncn1CC)NCC.I. The standard InChI is InChI=1S/C14H26N6.HI/c1-5-8-9-10-19(4)14(15-6-2)16-11-13-18-17-12-20(13)7-3;/h5,12H,1,6-11H2,2-4H3,(H,15,16);1H. The highest BCUT2D eigenvalue weighted by Gasteiger charge is 2.06. The molecule has 120 valence electrons. The highest BCUT2D eigenvalue weighted by Crippen LogP contribution is 2.00. The predicted molar refractivity (Wildman–Crippen MR) is 98.0 cm³/mol. The van der Waals surface area contributed by atoms with Gasteiger partial charge in [-0.3, -0.25) is 0 Å². The van der Waals surface area contributed by atoms with Gasteiger partial charge < -0.3 is 14.8 Å². The van der Waals surface area contributed by atoms with Gasteiger partial charge in [-0.05, 0) is 26.7 Å². The Balaban J connectivity index is 0.00000400. The Bertz CT molecular complexity index is 429. The Labute approximate surface area is 144 Å². The number of unbranched alkanes of at least 4 members (excludes halogenated alkanes) is 1. The molecule has 0 aliphatic rings. The summed E-state index contributed by atoms with van der Waals surface area (Å²) in [6, 6.07) is 0. The largest absolute Gasteiger partial charge is 0.357 e. The molecule has 0 saturated heterocycles. The van der Waals surface area contributed by atoms with Crippen molar-refractivity contribution in [3.05, 3.63) is 24.8 Å². The zero-order valence-electron chi connectivity index (χ0n) is 13.2. The first-order chi connectivity index (χ1) is 9.72. The third-order valence-corrected chi connectivity index (χ3v) is 3.00. The van der Waals surface area contributed by atoms with Crippen LogP contribution in [0.3, 0.4) is 0 Å². The third kappa shape index (κ3) is 6.92. The van der Waals surface area contributed by atoms with Gasteiger partial charge in [0.25, 0.3) is 0 Å². The molecule has 0 saturated carbocycles. The van der Waals surface area contributed by atoms with Crippen LogP contribution in [-0.4, -0.2) is 45.8 Å². The number of nitrogens with zero attached hydrogens (tertiary/aromatic N) is 5. The first kappa shape index (κ1) is 19.9. The van der Waals surface area contributed by atoms with Crippen LogP contribution >= 0.6 is 24.0 Å². The van der Waals surface area contributed by atoms with Crippen molar-refractivity contribution < 1.29 is 0 Å². The fourth-order valence-electron chi connectivity index (χ4n) is 1.86. The topological polar surface area (TPSA) is 58.3 Å². The zero-order chi connectivity index (χ0) is 14.8. The maximum atomic E-state index is 4.63. The zero-order valence-corrected chi connectivity index (χ0v) is 15.6. The molecule has 0 aliphatic carbocycles. The highest BCUT2D eigenvalue weighted by molar-refractivity contribution is 14.0. The second-order valence-electron chi connectivity index (χ2n) is 4.56. The van der Waals surface area contributed by atoms with Crippen LogP contribution in [0.2, 0.25) is 0 Å². The molecule has 1 N–H and O–H groups in total. The van der Waals surface area contributed by atoms with Gasteiger partial charge in [0.1, 0.15) is 12.9 Å². The maximum Gasteiger partial charge on any atom is 0.194 e. The number of guanidine groups is 1. The first-order valence-electron chi connectivity index (χ1n) is 7.19. The van der Waals surface area contributed by atoms with E-state index in [-0.39, 0.29) is 24.0 Å². The van der Waals surface area contributed by atoms with Gasteiger partial charge in [0.15, 0.2) is 11.8 Å². The highest BCUT2D eigenvalue weighted by atomic mass is 127. The van der Waals surface area contributed by atoms with Crippen molar-refractivity contribution in [2.45, 2.75) is 39.8 Å². The summed E-state index contributed by atoms with van der Waals surface area (Å²) in [6.45, 7) is 11.1. The molecule has 0 amide bonds. The summed E-state index contributed by atoms with van der Waals surface area (Å²) in [6.07, 6.45) is 5.79. The van der Waals surface area contributed by atoms with Crippen molar-refractivity contribution in [1.29, 1.82) is 0 Å². The number of aliphatic imine (C=N–C) groups is 1. The molecule has 1 heterocycles. The van der Waals surface area contributed by atoms with E-state index in [0.29, 0.717) is 6.54 Å². The van der Waals surface area contributed by atoms with Crippen molar-refractivity contribution >= 4 is 29.9 Å². The normalized spacial score (nSPS) is 10.9. The average molecular weight is 406 g/mol. The van der Waals surface area contributed by atoms with Crippen molar-refractivity contribution in [3.63, 3.8) is 0 Å². The molecular weight excluding hydrogens is 379 g/mol. The summed E-state index contributed by atoms with van der Waals surface area (Å²) in [7, 11) is 2.05. The number of hydrogen-bond donors (Lipinski definition) is 1. The predicted octanol–water partition coefficient (Wildman–Crippen LogP) is 2.28. The van der Waals surface area contributed by atoms with Gasteiger partial charge in [-0.2, -0.15) is 0 Å². The summed E-state index contributed by atoms with van der Waals surface area (Å²) in [4.78, 5) is 6.76. The summed E-state index contributed by atoms with van der Waals surface area (Å²) < 4.78 is 2.00. The van der Waals surface area contributed by atoms with E-state index in [1.807, 2.05) is 10.6 Å². The molecule has 21 heavy (non-hydrogen) atoms. The van der Waals surface area contributed by atoms with Gasteiger partial charge >= 0.3 is 0 Å². The number of hydrogen-bond acceptors (Lipinski definition) is 3. The summed E-state index contributed by atoms with van der Waals surface area (Å²) in [5.74, 6) is 1.80. The second kappa shape index (κ2) is 11.5. The monoisotopic (exact) mass is 406 g/mol. The van der Waals surface area contributed by atoms with Gasteiger partial charge in [0.2, 0.25) is 0 Å². The minimum Gasteiger partial charge on any atom is -0.357 e. The van der Waals surface area contributed by atoms with E-state index in [0.717, 1.165) is 44.3 Å². The fourth-order valence-corrected chi connectivity index (χ4v) is 1.86. The van der Waals surface area contributed by atoms with Crippen LogP contribution in [0.5, 0.6) is 0 Å². The molecule has 1 aromatic heterocycles. The maximum absolute atomic E-state index is 4.63.